The van der Waals surface area contributed by atoms with E-state index in [2.05, 4.69) is 10.6 Å². The Bertz CT molecular complexity index is 427. The predicted octanol–water partition coefficient (Wildman–Crippen LogP) is 0.817. The Kier molecular flexibility index (Phi) is 5.50. The summed E-state index contributed by atoms with van der Waals surface area (Å²) < 4.78 is 30.7. The minimum atomic E-state index is -3.08. The lowest BCUT2D eigenvalue weighted by molar-refractivity contribution is -0.121. The SMILES string of the molecule is COc1ccccc1NCC(=O)NCC(F)(F)CN. The number of carbonyl (C=O) groups is 1. The van der Waals surface area contributed by atoms with E-state index in [1.807, 2.05) is 0 Å². The number of anilines is 1. The minimum absolute atomic E-state index is 0.124. The van der Waals surface area contributed by atoms with Crippen molar-refractivity contribution < 1.29 is 18.3 Å². The second kappa shape index (κ2) is 6.89. The van der Waals surface area contributed by atoms with Gasteiger partial charge in [0, 0.05) is 0 Å². The maximum absolute atomic E-state index is 12.8. The average molecular weight is 273 g/mol. The molecule has 0 aliphatic heterocycles. The van der Waals surface area contributed by atoms with E-state index in [9.17, 15) is 13.6 Å². The fourth-order valence-corrected chi connectivity index (χ4v) is 1.33. The first kappa shape index (κ1) is 15.2. The van der Waals surface area contributed by atoms with Crippen molar-refractivity contribution >= 4 is 11.6 Å². The van der Waals surface area contributed by atoms with Crippen LogP contribution >= 0.6 is 0 Å². The topological polar surface area (TPSA) is 76.4 Å². The first-order valence-corrected chi connectivity index (χ1v) is 5.70. The number of para-hydroxylation sites is 2. The summed E-state index contributed by atoms with van der Waals surface area (Å²) in [7, 11) is 1.50. The van der Waals surface area contributed by atoms with Crippen LogP contribution in [0.25, 0.3) is 0 Å². The lowest BCUT2D eigenvalue weighted by Crippen LogP contribution is -2.43. The van der Waals surface area contributed by atoms with E-state index < -0.39 is 24.9 Å². The Morgan fingerprint density at radius 1 is 1.42 bits per heavy atom. The molecule has 0 unspecified atom stereocenters. The van der Waals surface area contributed by atoms with Crippen molar-refractivity contribution in [3.8, 4) is 5.75 Å². The molecule has 1 aromatic rings. The van der Waals surface area contributed by atoms with E-state index in [0.29, 0.717) is 11.4 Å². The molecule has 0 radical (unpaired) electrons. The second-order valence-electron chi connectivity index (χ2n) is 3.89. The van der Waals surface area contributed by atoms with Crippen LogP contribution in [0.5, 0.6) is 5.75 Å². The van der Waals surface area contributed by atoms with Crippen LogP contribution in [0.1, 0.15) is 0 Å². The Labute approximate surface area is 110 Å². The van der Waals surface area contributed by atoms with Crippen LogP contribution in [-0.2, 0) is 4.79 Å². The molecule has 0 saturated carbocycles. The Hall–Kier alpha value is -1.89. The zero-order chi connectivity index (χ0) is 14.3. The molecular weight excluding hydrogens is 256 g/mol. The minimum Gasteiger partial charge on any atom is -0.495 e. The number of nitrogens with two attached hydrogens (primary N) is 1. The number of methoxy groups -OCH3 is 1. The summed E-state index contributed by atoms with van der Waals surface area (Å²) >= 11 is 0. The third-order valence-electron chi connectivity index (χ3n) is 2.39. The number of alkyl halides is 2. The van der Waals surface area contributed by atoms with Gasteiger partial charge in [-0.3, -0.25) is 4.79 Å². The van der Waals surface area contributed by atoms with E-state index in [-0.39, 0.29) is 6.54 Å². The van der Waals surface area contributed by atoms with Crippen LogP contribution in [-0.4, -0.2) is 38.6 Å². The Morgan fingerprint density at radius 2 is 2.11 bits per heavy atom. The van der Waals surface area contributed by atoms with Gasteiger partial charge < -0.3 is 21.1 Å². The van der Waals surface area contributed by atoms with Crippen LogP contribution < -0.4 is 21.1 Å². The normalized spacial score (nSPS) is 10.9. The van der Waals surface area contributed by atoms with Crippen molar-refractivity contribution in [2.24, 2.45) is 5.73 Å². The van der Waals surface area contributed by atoms with Crippen LogP contribution in [0.2, 0.25) is 0 Å². The Morgan fingerprint density at radius 3 is 2.74 bits per heavy atom. The van der Waals surface area contributed by atoms with Gasteiger partial charge in [0.05, 0.1) is 32.4 Å². The van der Waals surface area contributed by atoms with Gasteiger partial charge in [0.15, 0.2) is 0 Å². The van der Waals surface area contributed by atoms with Gasteiger partial charge >= 0.3 is 0 Å². The van der Waals surface area contributed by atoms with Crippen molar-refractivity contribution in [2.45, 2.75) is 5.92 Å². The van der Waals surface area contributed by atoms with Crippen molar-refractivity contribution in [3.05, 3.63) is 24.3 Å². The smallest absolute Gasteiger partial charge is 0.277 e. The lowest BCUT2D eigenvalue weighted by atomic mass is 10.3. The molecule has 1 amide bonds. The van der Waals surface area contributed by atoms with Crippen LogP contribution in [0, 0.1) is 0 Å². The van der Waals surface area contributed by atoms with Gasteiger partial charge in [0.25, 0.3) is 5.92 Å². The van der Waals surface area contributed by atoms with Gasteiger partial charge in [-0.15, -0.1) is 0 Å². The molecule has 0 aliphatic carbocycles. The van der Waals surface area contributed by atoms with E-state index in [4.69, 9.17) is 10.5 Å². The third-order valence-corrected chi connectivity index (χ3v) is 2.39. The van der Waals surface area contributed by atoms with Crippen LogP contribution in [0.3, 0.4) is 0 Å². The molecule has 1 aromatic carbocycles. The number of amides is 1. The molecule has 0 heterocycles. The van der Waals surface area contributed by atoms with Gasteiger partial charge in [-0.1, -0.05) is 12.1 Å². The summed E-state index contributed by atoms with van der Waals surface area (Å²) in [4.78, 5) is 11.4. The third kappa shape index (κ3) is 5.09. The molecule has 0 atom stereocenters. The molecule has 0 aliphatic rings. The van der Waals surface area contributed by atoms with Crippen molar-refractivity contribution in [3.63, 3.8) is 0 Å². The van der Waals surface area contributed by atoms with Gasteiger partial charge in [-0.05, 0) is 12.1 Å². The number of hydrogen-bond donors (Lipinski definition) is 3. The highest BCUT2D eigenvalue weighted by Crippen LogP contribution is 2.22. The average Bonchev–Trinajstić information content (AvgIpc) is 2.43. The van der Waals surface area contributed by atoms with Crippen molar-refractivity contribution in [1.82, 2.24) is 5.32 Å². The largest absolute Gasteiger partial charge is 0.495 e. The van der Waals surface area contributed by atoms with Gasteiger partial charge in [0.2, 0.25) is 5.91 Å². The molecule has 19 heavy (non-hydrogen) atoms. The zero-order valence-corrected chi connectivity index (χ0v) is 10.6. The number of ether oxygens (including phenoxy) is 1. The van der Waals surface area contributed by atoms with E-state index in [1.165, 1.54) is 7.11 Å². The monoisotopic (exact) mass is 273 g/mol. The van der Waals surface area contributed by atoms with Crippen LogP contribution in [0.4, 0.5) is 14.5 Å². The summed E-state index contributed by atoms with van der Waals surface area (Å²) in [6.45, 7) is -1.69. The quantitative estimate of drug-likeness (QED) is 0.687. The molecule has 0 aromatic heterocycles. The first-order valence-electron chi connectivity index (χ1n) is 5.70. The van der Waals surface area contributed by atoms with Crippen molar-refractivity contribution in [1.29, 1.82) is 0 Å². The number of hydrogen-bond acceptors (Lipinski definition) is 4. The van der Waals surface area contributed by atoms with Crippen molar-refractivity contribution in [2.75, 3.05) is 32.1 Å². The maximum Gasteiger partial charge on any atom is 0.277 e. The molecule has 0 bridgehead atoms. The fourth-order valence-electron chi connectivity index (χ4n) is 1.33. The highest BCUT2D eigenvalue weighted by molar-refractivity contribution is 5.81. The maximum atomic E-state index is 12.8. The summed E-state index contributed by atoms with van der Waals surface area (Å²) in [5.41, 5.74) is 5.48. The highest BCUT2D eigenvalue weighted by Gasteiger charge is 2.26. The molecule has 7 heteroatoms. The molecule has 1 rings (SSSR count). The number of benzene rings is 1. The molecule has 4 N–H and O–H groups in total. The molecule has 5 nitrogen and oxygen atoms in total. The molecular formula is C12H17F2N3O2. The number of carbonyl (C=O) groups excluding carboxylic acids is 1. The highest BCUT2D eigenvalue weighted by atomic mass is 19.3. The van der Waals surface area contributed by atoms with Gasteiger partial charge in [-0.25, -0.2) is 8.78 Å². The second-order valence-corrected chi connectivity index (χ2v) is 3.89. The summed E-state index contributed by atoms with van der Waals surface area (Å²) in [6.07, 6.45) is 0. The molecule has 106 valence electrons. The number of nitrogens with one attached hydrogen (secondary N) is 2. The Balaban J connectivity index is 2.42. The fraction of sp³-hybridized carbons (Fsp3) is 0.417. The lowest BCUT2D eigenvalue weighted by Gasteiger charge is -2.15. The summed E-state index contributed by atoms with van der Waals surface area (Å²) in [5, 5.41) is 4.91. The summed E-state index contributed by atoms with van der Waals surface area (Å²) in [5.74, 6) is -3.05. The molecule has 0 saturated heterocycles. The summed E-state index contributed by atoms with van der Waals surface area (Å²) in [6, 6.07) is 7.00. The van der Waals surface area contributed by atoms with E-state index in [1.54, 1.807) is 24.3 Å². The standard InChI is InChI=1S/C12H17F2N3O2/c1-19-10-5-3-2-4-9(10)16-6-11(18)17-8-12(13,14)7-15/h2-5,16H,6-8,15H2,1H3,(H,17,18). The predicted molar refractivity (Wildman–Crippen MR) is 68.5 cm³/mol. The van der Waals surface area contributed by atoms with E-state index >= 15 is 0 Å². The molecule has 0 spiro atoms. The van der Waals surface area contributed by atoms with Crippen LogP contribution in [0.15, 0.2) is 24.3 Å². The number of halogens is 2. The zero-order valence-electron chi connectivity index (χ0n) is 10.6. The molecule has 0 fully saturated rings. The van der Waals surface area contributed by atoms with Gasteiger partial charge in [-0.2, -0.15) is 0 Å². The first-order chi connectivity index (χ1) is 8.98. The van der Waals surface area contributed by atoms with Gasteiger partial charge in [0.1, 0.15) is 5.75 Å². The van der Waals surface area contributed by atoms with E-state index in [0.717, 1.165) is 0 Å². The number of rotatable bonds is 7.